The Labute approximate surface area is 166 Å². The van der Waals surface area contributed by atoms with Crippen molar-refractivity contribution < 1.29 is 24.5 Å². The number of ether oxygens (including phenoxy) is 1. The van der Waals surface area contributed by atoms with Crippen LogP contribution in [0.5, 0.6) is 5.75 Å². The van der Waals surface area contributed by atoms with Crippen molar-refractivity contribution in [2.24, 2.45) is 0 Å². The lowest BCUT2D eigenvalue weighted by Gasteiger charge is -2.08. The second-order valence-corrected chi connectivity index (χ2v) is 6.82. The Morgan fingerprint density at radius 1 is 1.14 bits per heavy atom. The summed E-state index contributed by atoms with van der Waals surface area (Å²) in [5, 5.41) is 19.4. The number of aliphatic hydroxyl groups is 1. The van der Waals surface area contributed by atoms with Gasteiger partial charge < -0.3 is 14.9 Å². The predicted octanol–water partition coefficient (Wildman–Crippen LogP) is 3.68. The van der Waals surface area contributed by atoms with Gasteiger partial charge in [0.25, 0.3) is 5.91 Å². The number of aliphatic carboxylic acids is 1. The Hall–Kier alpha value is -2.83. The van der Waals surface area contributed by atoms with Crippen molar-refractivity contribution in [3.05, 3.63) is 64.3 Å². The summed E-state index contributed by atoms with van der Waals surface area (Å²) in [6, 6.07) is 11.8. The summed E-state index contributed by atoms with van der Waals surface area (Å²) >= 11 is 5.91. The molecule has 1 aromatic heterocycles. The maximum atomic E-state index is 13.1. The SMILES string of the molecule is Cc1c(CC(=O)O)c2cc(OCCCO)ccc2n1C(=O)c1ccc(Cl)cc1. The third kappa shape index (κ3) is 4.03. The maximum Gasteiger partial charge on any atom is 0.307 e. The zero-order valence-electron chi connectivity index (χ0n) is 15.3. The van der Waals surface area contributed by atoms with Crippen LogP contribution in [0.15, 0.2) is 42.5 Å². The zero-order chi connectivity index (χ0) is 20.3. The van der Waals surface area contributed by atoms with E-state index in [1.807, 2.05) is 0 Å². The standard InChI is InChI=1S/C21H20ClNO5/c1-13-17(12-20(25)26)18-11-16(28-10-2-9-24)7-8-19(18)23(13)21(27)14-3-5-15(22)6-4-14/h3-8,11,24H,2,9-10,12H2,1H3,(H,25,26). The van der Waals surface area contributed by atoms with Crippen molar-refractivity contribution in [1.82, 2.24) is 4.57 Å². The first-order chi connectivity index (χ1) is 13.4. The van der Waals surface area contributed by atoms with Gasteiger partial charge >= 0.3 is 5.97 Å². The van der Waals surface area contributed by atoms with Crippen molar-refractivity contribution in [1.29, 1.82) is 0 Å². The molecule has 3 aromatic rings. The Morgan fingerprint density at radius 2 is 1.86 bits per heavy atom. The monoisotopic (exact) mass is 401 g/mol. The van der Waals surface area contributed by atoms with Gasteiger partial charge in [-0.3, -0.25) is 14.2 Å². The lowest BCUT2D eigenvalue weighted by Crippen LogP contribution is -2.14. The van der Waals surface area contributed by atoms with Crippen LogP contribution in [0, 0.1) is 6.92 Å². The molecule has 7 heteroatoms. The molecule has 0 unspecified atom stereocenters. The van der Waals surface area contributed by atoms with Crippen LogP contribution in [0.4, 0.5) is 0 Å². The number of aliphatic hydroxyl groups excluding tert-OH is 1. The van der Waals surface area contributed by atoms with Crippen molar-refractivity contribution in [3.8, 4) is 5.75 Å². The number of carboxylic acid groups (broad SMARTS) is 1. The molecule has 1 heterocycles. The molecule has 146 valence electrons. The van der Waals surface area contributed by atoms with Crippen LogP contribution in [-0.4, -0.2) is 39.9 Å². The van der Waals surface area contributed by atoms with Gasteiger partial charge in [0.15, 0.2) is 0 Å². The number of nitrogens with zero attached hydrogens (tertiary/aromatic N) is 1. The van der Waals surface area contributed by atoms with E-state index >= 15 is 0 Å². The van der Waals surface area contributed by atoms with Crippen LogP contribution < -0.4 is 4.74 Å². The molecule has 0 spiro atoms. The summed E-state index contributed by atoms with van der Waals surface area (Å²) in [5.74, 6) is -0.680. The number of hydrogen-bond donors (Lipinski definition) is 2. The van der Waals surface area contributed by atoms with E-state index in [1.165, 1.54) is 4.57 Å². The number of hydrogen-bond acceptors (Lipinski definition) is 4. The molecule has 2 N–H and O–H groups in total. The summed E-state index contributed by atoms with van der Waals surface area (Å²) in [5.41, 5.74) is 2.21. The summed E-state index contributed by atoms with van der Waals surface area (Å²) < 4.78 is 7.13. The van der Waals surface area contributed by atoms with Crippen molar-refractivity contribution >= 4 is 34.4 Å². The summed E-state index contributed by atoms with van der Waals surface area (Å²) in [6.07, 6.45) is 0.290. The van der Waals surface area contributed by atoms with Crippen LogP contribution >= 0.6 is 11.6 Å². The molecule has 0 aliphatic rings. The molecular weight excluding hydrogens is 382 g/mol. The van der Waals surface area contributed by atoms with Crippen molar-refractivity contribution in [2.75, 3.05) is 13.2 Å². The van der Waals surface area contributed by atoms with E-state index in [0.29, 0.717) is 51.5 Å². The molecule has 0 aliphatic carbocycles. The Kier molecular flexibility index (Phi) is 6.02. The van der Waals surface area contributed by atoms with E-state index < -0.39 is 5.97 Å². The fraction of sp³-hybridized carbons (Fsp3) is 0.238. The fourth-order valence-electron chi connectivity index (χ4n) is 3.16. The van der Waals surface area contributed by atoms with Crippen LogP contribution in [0.25, 0.3) is 10.9 Å². The van der Waals surface area contributed by atoms with Crippen molar-refractivity contribution in [2.45, 2.75) is 19.8 Å². The number of rotatable bonds is 7. The van der Waals surface area contributed by atoms with E-state index in [-0.39, 0.29) is 18.9 Å². The summed E-state index contributed by atoms with van der Waals surface area (Å²) in [4.78, 5) is 24.5. The van der Waals surface area contributed by atoms with Gasteiger partial charge in [-0.2, -0.15) is 0 Å². The number of aromatic nitrogens is 1. The summed E-state index contributed by atoms with van der Waals surface area (Å²) in [6.45, 7) is 2.11. The number of halogens is 1. The van der Waals surface area contributed by atoms with Crippen LogP contribution in [0.1, 0.15) is 28.0 Å². The molecule has 0 radical (unpaired) electrons. The quantitative estimate of drug-likeness (QED) is 0.589. The molecule has 6 nitrogen and oxygen atoms in total. The topological polar surface area (TPSA) is 88.8 Å². The van der Waals surface area contributed by atoms with Crippen LogP contribution in [0.3, 0.4) is 0 Å². The first-order valence-corrected chi connectivity index (χ1v) is 9.20. The van der Waals surface area contributed by atoms with Gasteiger partial charge in [-0.05, 0) is 55.0 Å². The van der Waals surface area contributed by atoms with E-state index in [4.69, 9.17) is 21.4 Å². The number of fused-ring (bicyclic) bond motifs is 1. The minimum Gasteiger partial charge on any atom is -0.493 e. The molecule has 0 fully saturated rings. The highest BCUT2D eigenvalue weighted by Gasteiger charge is 2.21. The van der Waals surface area contributed by atoms with Crippen LogP contribution in [-0.2, 0) is 11.2 Å². The lowest BCUT2D eigenvalue weighted by atomic mass is 10.1. The lowest BCUT2D eigenvalue weighted by molar-refractivity contribution is -0.136. The average Bonchev–Trinajstić information content (AvgIpc) is 2.93. The fourth-order valence-corrected chi connectivity index (χ4v) is 3.29. The highest BCUT2D eigenvalue weighted by molar-refractivity contribution is 6.30. The van der Waals surface area contributed by atoms with Gasteiger partial charge in [-0.15, -0.1) is 0 Å². The molecular formula is C21H20ClNO5. The van der Waals surface area contributed by atoms with Crippen molar-refractivity contribution in [3.63, 3.8) is 0 Å². The number of carbonyl (C=O) groups is 2. The van der Waals surface area contributed by atoms with E-state index in [2.05, 4.69) is 0 Å². The number of carbonyl (C=O) groups excluding carboxylic acids is 1. The third-order valence-electron chi connectivity index (χ3n) is 4.50. The predicted molar refractivity (Wildman–Crippen MR) is 106 cm³/mol. The zero-order valence-corrected chi connectivity index (χ0v) is 16.1. The average molecular weight is 402 g/mol. The van der Waals surface area contributed by atoms with Gasteiger partial charge in [0, 0.05) is 34.7 Å². The molecule has 0 amide bonds. The van der Waals surface area contributed by atoms with Gasteiger partial charge in [-0.1, -0.05) is 11.6 Å². The first-order valence-electron chi connectivity index (χ1n) is 8.82. The summed E-state index contributed by atoms with van der Waals surface area (Å²) in [7, 11) is 0. The molecule has 0 atom stereocenters. The molecule has 0 aliphatic heterocycles. The molecule has 3 rings (SSSR count). The molecule has 0 saturated heterocycles. The van der Waals surface area contributed by atoms with Gasteiger partial charge in [0.1, 0.15) is 5.75 Å². The molecule has 0 bridgehead atoms. The van der Waals surface area contributed by atoms with E-state index in [9.17, 15) is 14.7 Å². The second-order valence-electron chi connectivity index (χ2n) is 6.39. The minimum atomic E-state index is -0.979. The smallest absolute Gasteiger partial charge is 0.307 e. The molecule has 0 saturated carbocycles. The third-order valence-corrected chi connectivity index (χ3v) is 4.75. The van der Waals surface area contributed by atoms with Gasteiger partial charge in [-0.25, -0.2) is 0 Å². The molecule has 2 aromatic carbocycles. The van der Waals surface area contributed by atoms with E-state index in [0.717, 1.165) is 0 Å². The normalized spacial score (nSPS) is 11.0. The number of benzene rings is 2. The largest absolute Gasteiger partial charge is 0.493 e. The maximum absolute atomic E-state index is 13.1. The number of carboxylic acids is 1. The Bertz CT molecular complexity index is 1020. The minimum absolute atomic E-state index is 0.0254. The molecule has 28 heavy (non-hydrogen) atoms. The Balaban J connectivity index is 2.11. The first kappa shape index (κ1) is 19.9. The highest BCUT2D eigenvalue weighted by Crippen LogP contribution is 2.31. The van der Waals surface area contributed by atoms with E-state index in [1.54, 1.807) is 49.4 Å². The van der Waals surface area contributed by atoms with Crippen LogP contribution in [0.2, 0.25) is 5.02 Å². The highest BCUT2D eigenvalue weighted by atomic mass is 35.5. The second kappa shape index (κ2) is 8.46. The van der Waals surface area contributed by atoms with Gasteiger partial charge in [0.2, 0.25) is 0 Å². The van der Waals surface area contributed by atoms with Gasteiger partial charge in [0.05, 0.1) is 18.5 Å². The Morgan fingerprint density at radius 3 is 2.50 bits per heavy atom.